The van der Waals surface area contributed by atoms with Crippen molar-refractivity contribution in [2.24, 2.45) is 0 Å². The van der Waals surface area contributed by atoms with E-state index in [4.69, 9.17) is 0 Å². The molecule has 0 amide bonds. The summed E-state index contributed by atoms with van der Waals surface area (Å²) in [5.41, 5.74) is 1.34. The fraction of sp³-hybridized carbons (Fsp3) is 0.444. The van der Waals surface area contributed by atoms with Crippen LogP contribution in [0.1, 0.15) is 25.3 Å². The fourth-order valence-corrected chi connectivity index (χ4v) is 1.24. The zero-order chi connectivity index (χ0) is 8.27. The van der Waals surface area contributed by atoms with Gasteiger partial charge in [0.25, 0.3) is 0 Å². The summed E-state index contributed by atoms with van der Waals surface area (Å²) in [6, 6.07) is 4.12. The minimum absolute atomic E-state index is 0.518. The molecule has 1 heterocycles. The molecular formula is C9H12BrN. The Kier molecular flexibility index (Phi) is 3.06. The van der Waals surface area contributed by atoms with Gasteiger partial charge in [0, 0.05) is 17.2 Å². The van der Waals surface area contributed by atoms with Crippen LogP contribution in [0, 0.1) is 0 Å². The zero-order valence-electron chi connectivity index (χ0n) is 6.79. The maximum absolute atomic E-state index is 3.97. The van der Waals surface area contributed by atoms with Crippen LogP contribution in [-0.2, 0) is 0 Å². The van der Waals surface area contributed by atoms with Crippen LogP contribution >= 0.6 is 15.9 Å². The summed E-state index contributed by atoms with van der Waals surface area (Å²) in [7, 11) is 0. The molecule has 0 aliphatic rings. The molecule has 2 atom stereocenters. The van der Waals surface area contributed by atoms with Gasteiger partial charge in [0.05, 0.1) is 0 Å². The molecule has 0 aliphatic carbocycles. The molecule has 1 nitrogen and oxygen atoms in total. The van der Waals surface area contributed by atoms with Crippen LogP contribution in [-0.4, -0.2) is 9.81 Å². The highest BCUT2D eigenvalue weighted by Crippen LogP contribution is 2.22. The number of aromatic nitrogens is 1. The molecule has 11 heavy (non-hydrogen) atoms. The largest absolute Gasteiger partial charge is 0.265 e. The quantitative estimate of drug-likeness (QED) is 0.689. The second kappa shape index (κ2) is 3.86. The minimum Gasteiger partial charge on any atom is -0.265 e. The lowest BCUT2D eigenvalue weighted by Crippen LogP contribution is -2.03. The molecule has 0 saturated heterocycles. The molecule has 2 heteroatoms. The average molecular weight is 214 g/mol. The predicted molar refractivity (Wildman–Crippen MR) is 51.0 cm³/mol. The monoisotopic (exact) mass is 213 g/mol. The lowest BCUT2D eigenvalue weighted by Gasteiger charge is -2.13. The highest BCUT2D eigenvalue weighted by molar-refractivity contribution is 9.09. The highest BCUT2D eigenvalue weighted by Gasteiger charge is 2.09. The molecule has 2 unspecified atom stereocenters. The van der Waals surface area contributed by atoms with Gasteiger partial charge >= 0.3 is 0 Å². The molecular weight excluding hydrogens is 202 g/mol. The number of nitrogens with zero attached hydrogens (tertiary/aromatic N) is 1. The van der Waals surface area contributed by atoms with Gasteiger partial charge in [-0.15, -0.1) is 0 Å². The van der Waals surface area contributed by atoms with Crippen LogP contribution in [0.4, 0.5) is 0 Å². The number of alkyl halides is 1. The smallest absolute Gasteiger partial charge is 0.0270 e. The van der Waals surface area contributed by atoms with Crippen molar-refractivity contribution in [2.75, 3.05) is 0 Å². The molecule has 0 N–H and O–H groups in total. The van der Waals surface area contributed by atoms with E-state index in [0.29, 0.717) is 10.7 Å². The predicted octanol–water partition coefficient (Wildman–Crippen LogP) is 2.97. The first-order valence-corrected chi connectivity index (χ1v) is 4.67. The molecule has 0 fully saturated rings. The van der Waals surface area contributed by atoms with Crippen LogP contribution < -0.4 is 0 Å². The molecule has 1 aromatic heterocycles. The zero-order valence-corrected chi connectivity index (χ0v) is 8.38. The average Bonchev–Trinajstić information content (AvgIpc) is 2.05. The van der Waals surface area contributed by atoms with E-state index in [1.807, 2.05) is 12.4 Å². The van der Waals surface area contributed by atoms with Gasteiger partial charge in [0.1, 0.15) is 0 Å². The van der Waals surface area contributed by atoms with E-state index in [1.165, 1.54) is 5.56 Å². The van der Waals surface area contributed by atoms with E-state index in [1.54, 1.807) is 0 Å². The summed E-state index contributed by atoms with van der Waals surface area (Å²) in [5.74, 6) is 0.554. The van der Waals surface area contributed by atoms with E-state index < -0.39 is 0 Å². The van der Waals surface area contributed by atoms with Crippen molar-refractivity contribution in [3.05, 3.63) is 30.1 Å². The Morgan fingerprint density at radius 3 is 2.27 bits per heavy atom. The van der Waals surface area contributed by atoms with Gasteiger partial charge in [-0.25, -0.2) is 0 Å². The summed E-state index contributed by atoms with van der Waals surface area (Å²) in [4.78, 5) is 4.49. The second-order valence-corrected chi connectivity index (χ2v) is 4.19. The van der Waals surface area contributed by atoms with Crippen molar-refractivity contribution in [1.29, 1.82) is 0 Å². The Bertz CT molecular complexity index is 208. The SMILES string of the molecule is CC(Br)C(C)c1ccncc1. The highest BCUT2D eigenvalue weighted by atomic mass is 79.9. The third kappa shape index (κ3) is 2.29. The third-order valence-corrected chi connectivity index (χ3v) is 2.71. The number of halogens is 1. The Hall–Kier alpha value is -0.370. The van der Waals surface area contributed by atoms with Crippen LogP contribution in [0.15, 0.2) is 24.5 Å². The first kappa shape index (κ1) is 8.72. The van der Waals surface area contributed by atoms with Gasteiger partial charge in [-0.05, 0) is 23.6 Å². The van der Waals surface area contributed by atoms with Crippen LogP contribution in [0.25, 0.3) is 0 Å². The number of rotatable bonds is 2. The minimum atomic E-state index is 0.518. The Labute approximate surface area is 76.0 Å². The first-order chi connectivity index (χ1) is 5.22. The van der Waals surface area contributed by atoms with Gasteiger partial charge in [0.15, 0.2) is 0 Å². The van der Waals surface area contributed by atoms with Crippen molar-refractivity contribution in [2.45, 2.75) is 24.6 Å². The third-order valence-electron chi connectivity index (χ3n) is 1.92. The standard InChI is InChI=1S/C9H12BrN/c1-7(8(2)10)9-3-5-11-6-4-9/h3-8H,1-2H3. The van der Waals surface area contributed by atoms with Gasteiger partial charge in [-0.3, -0.25) is 4.98 Å². The molecule has 0 saturated carbocycles. The molecule has 0 aliphatic heterocycles. The van der Waals surface area contributed by atoms with Crippen molar-refractivity contribution < 1.29 is 0 Å². The van der Waals surface area contributed by atoms with Crippen molar-refractivity contribution in [1.82, 2.24) is 4.98 Å². The van der Waals surface area contributed by atoms with E-state index in [9.17, 15) is 0 Å². The summed E-state index contributed by atoms with van der Waals surface area (Å²) >= 11 is 3.56. The Balaban J connectivity index is 2.77. The normalized spacial score (nSPS) is 15.9. The van der Waals surface area contributed by atoms with Gasteiger partial charge < -0.3 is 0 Å². The number of hydrogen-bond donors (Lipinski definition) is 0. The summed E-state index contributed by atoms with van der Waals surface area (Å²) in [5, 5.41) is 0. The van der Waals surface area contributed by atoms with Crippen LogP contribution in [0.2, 0.25) is 0 Å². The molecule has 0 bridgehead atoms. The maximum Gasteiger partial charge on any atom is 0.0270 e. The summed E-state index contributed by atoms with van der Waals surface area (Å²) < 4.78 is 0. The topological polar surface area (TPSA) is 12.9 Å². The van der Waals surface area contributed by atoms with Gasteiger partial charge in [-0.1, -0.05) is 29.8 Å². The van der Waals surface area contributed by atoms with Crippen molar-refractivity contribution in [3.63, 3.8) is 0 Å². The second-order valence-electron chi connectivity index (χ2n) is 2.75. The molecule has 0 radical (unpaired) electrons. The number of pyridine rings is 1. The maximum atomic E-state index is 3.97. The Morgan fingerprint density at radius 2 is 1.82 bits per heavy atom. The fourth-order valence-electron chi connectivity index (χ4n) is 0.932. The van der Waals surface area contributed by atoms with Gasteiger partial charge in [-0.2, -0.15) is 0 Å². The molecule has 0 spiro atoms. The van der Waals surface area contributed by atoms with Gasteiger partial charge in [0.2, 0.25) is 0 Å². The van der Waals surface area contributed by atoms with Crippen molar-refractivity contribution in [3.8, 4) is 0 Å². The number of hydrogen-bond acceptors (Lipinski definition) is 1. The lowest BCUT2D eigenvalue weighted by atomic mass is 10.0. The molecule has 1 aromatic rings. The Morgan fingerprint density at radius 1 is 1.27 bits per heavy atom. The van der Waals surface area contributed by atoms with E-state index in [0.717, 1.165) is 0 Å². The van der Waals surface area contributed by atoms with E-state index in [-0.39, 0.29) is 0 Å². The van der Waals surface area contributed by atoms with E-state index in [2.05, 4.69) is 46.9 Å². The lowest BCUT2D eigenvalue weighted by molar-refractivity contribution is 0.760. The van der Waals surface area contributed by atoms with Crippen LogP contribution in [0.5, 0.6) is 0 Å². The van der Waals surface area contributed by atoms with Crippen LogP contribution in [0.3, 0.4) is 0 Å². The summed E-state index contributed by atoms with van der Waals surface area (Å²) in [6.45, 7) is 4.36. The molecule has 60 valence electrons. The molecule has 1 rings (SSSR count). The van der Waals surface area contributed by atoms with E-state index >= 15 is 0 Å². The summed E-state index contributed by atoms with van der Waals surface area (Å²) in [6.07, 6.45) is 3.67. The van der Waals surface area contributed by atoms with Crippen molar-refractivity contribution >= 4 is 15.9 Å². The molecule has 0 aromatic carbocycles. The first-order valence-electron chi connectivity index (χ1n) is 3.76.